The molecule has 0 spiro atoms. The summed E-state index contributed by atoms with van der Waals surface area (Å²) in [5.41, 5.74) is 5.03. The van der Waals surface area contributed by atoms with Gasteiger partial charge in [-0.3, -0.25) is 14.4 Å². The molecule has 1 aliphatic carbocycles. The molecule has 0 N–H and O–H groups in total. The summed E-state index contributed by atoms with van der Waals surface area (Å²) in [6, 6.07) is 9.49. The van der Waals surface area contributed by atoms with Crippen molar-refractivity contribution in [1.82, 2.24) is 19.6 Å². The number of carbonyl (C=O) groups excluding carboxylic acids is 1. The third kappa shape index (κ3) is 3.18. The SMILES string of the molecule is O=C(c1cnn2c1CCCC2)N1CCN(C2CCc3ccccc3C2)CC1. The summed E-state index contributed by atoms with van der Waals surface area (Å²) < 4.78 is 2.03. The first-order chi connectivity index (χ1) is 13.3. The standard InChI is InChI=1S/C22H28N4O/c27-22(20-16-23-26-10-4-3-7-21(20)26)25-13-11-24(12-14-25)19-9-8-17-5-1-2-6-18(17)15-19/h1-2,5-6,16,19H,3-4,7-15H2. The lowest BCUT2D eigenvalue weighted by Crippen LogP contribution is -2.53. The van der Waals surface area contributed by atoms with Crippen LogP contribution in [0.25, 0.3) is 0 Å². The first-order valence-electron chi connectivity index (χ1n) is 10.4. The highest BCUT2D eigenvalue weighted by Gasteiger charge is 2.30. The number of fused-ring (bicyclic) bond motifs is 2. The van der Waals surface area contributed by atoms with Gasteiger partial charge in [0.25, 0.3) is 5.91 Å². The predicted octanol–water partition coefficient (Wildman–Crippen LogP) is 2.53. The van der Waals surface area contributed by atoms with Gasteiger partial charge < -0.3 is 4.90 Å². The summed E-state index contributed by atoms with van der Waals surface area (Å²) in [6.07, 6.45) is 8.70. The van der Waals surface area contributed by atoms with Gasteiger partial charge in [0.2, 0.25) is 0 Å². The van der Waals surface area contributed by atoms with Crippen molar-refractivity contribution in [2.24, 2.45) is 0 Å². The van der Waals surface area contributed by atoms with Crippen molar-refractivity contribution in [3.8, 4) is 0 Å². The zero-order valence-corrected chi connectivity index (χ0v) is 15.9. The van der Waals surface area contributed by atoms with Crippen molar-refractivity contribution < 1.29 is 4.79 Å². The lowest BCUT2D eigenvalue weighted by molar-refractivity contribution is 0.0551. The molecule has 1 aromatic heterocycles. The Hall–Kier alpha value is -2.14. The van der Waals surface area contributed by atoms with E-state index in [1.54, 1.807) is 6.20 Å². The van der Waals surface area contributed by atoms with Crippen LogP contribution in [-0.4, -0.2) is 57.7 Å². The maximum atomic E-state index is 13.0. The molecule has 0 radical (unpaired) electrons. The van der Waals surface area contributed by atoms with E-state index in [-0.39, 0.29) is 5.91 Å². The molecule has 1 fully saturated rings. The number of rotatable bonds is 2. The molecule has 2 aromatic rings. The molecule has 3 heterocycles. The number of hydrogen-bond acceptors (Lipinski definition) is 3. The van der Waals surface area contributed by atoms with Crippen LogP contribution in [0.2, 0.25) is 0 Å². The summed E-state index contributed by atoms with van der Waals surface area (Å²) in [7, 11) is 0. The fourth-order valence-corrected chi connectivity index (χ4v) is 5.05. The predicted molar refractivity (Wildman–Crippen MR) is 105 cm³/mol. The van der Waals surface area contributed by atoms with Gasteiger partial charge in [-0.15, -0.1) is 0 Å². The summed E-state index contributed by atoms with van der Waals surface area (Å²) in [5, 5.41) is 4.44. The molecule has 1 atom stereocenters. The third-order valence-corrected chi connectivity index (χ3v) is 6.65. The topological polar surface area (TPSA) is 41.4 Å². The normalized spacial score (nSPS) is 23.0. The van der Waals surface area contributed by atoms with Gasteiger partial charge in [-0.05, 0) is 49.7 Å². The Morgan fingerprint density at radius 3 is 2.63 bits per heavy atom. The van der Waals surface area contributed by atoms with Crippen LogP contribution in [0, 0.1) is 0 Å². The van der Waals surface area contributed by atoms with Gasteiger partial charge >= 0.3 is 0 Å². The van der Waals surface area contributed by atoms with E-state index in [1.807, 2.05) is 9.58 Å². The maximum Gasteiger partial charge on any atom is 0.257 e. The number of piperazine rings is 1. The molecule has 3 aliphatic rings. The van der Waals surface area contributed by atoms with E-state index in [0.717, 1.165) is 56.8 Å². The second-order valence-electron chi connectivity index (χ2n) is 8.18. The highest BCUT2D eigenvalue weighted by molar-refractivity contribution is 5.95. The molecule has 1 unspecified atom stereocenters. The molecule has 1 amide bonds. The fourth-order valence-electron chi connectivity index (χ4n) is 5.05. The number of aryl methyl sites for hydroxylation is 2. The minimum atomic E-state index is 0.187. The van der Waals surface area contributed by atoms with Crippen LogP contribution in [-0.2, 0) is 25.8 Å². The van der Waals surface area contributed by atoms with E-state index in [1.165, 1.54) is 36.8 Å². The molecule has 142 valence electrons. The largest absolute Gasteiger partial charge is 0.336 e. The third-order valence-electron chi connectivity index (χ3n) is 6.65. The van der Waals surface area contributed by atoms with Gasteiger partial charge in [0.1, 0.15) is 0 Å². The van der Waals surface area contributed by atoms with Gasteiger partial charge in [-0.25, -0.2) is 0 Å². The molecular weight excluding hydrogens is 336 g/mol. The highest BCUT2D eigenvalue weighted by atomic mass is 16.2. The molecule has 1 aromatic carbocycles. The molecule has 5 nitrogen and oxygen atoms in total. The van der Waals surface area contributed by atoms with Crippen LogP contribution in [0.5, 0.6) is 0 Å². The van der Waals surface area contributed by atoms with Crippen molar-refractivity contribution in [1.29, 1.82) is 0 Å². The second kappa shape index (κ2) is 7.12. The summed E-state index contributed by atoms with van der Waals surface area (Å²) >= 11 is 0. The van der Waals surface area contributed by atoms with Crippen molar-refractivity contribution in [2.45, 2.75) is 51.1 Å². The van der Waals surface area contributed by atoms with E-state index in [0.29, 0.717) is 6.04 Å². The van der Waals surface area contributed by atoms with Crippen LogP contribution in [0.15, 0.2) is 30.5 Å². The Morgan fingerprint density at radius 1 is 0.963 bits per heavy atom. The fraction of sp³-hybridized carbons (Fsp3) is 0.545. The van der Waals surface area contributed by atoms with Gasteiger partial charge in [-0.1, -0.05) is 24.3 Å². The monoisotopic (exact) mass is 364 g/mol. The number of carbonyl (C=O) groups is 1. The second-order valence-corrected chi connectivity index (χ2v) is 8.18. The molecule has 5 rings (SSSR count). The van der Waals surface area contributed by atoms with Crippen molar-refractivity contribution in [2.75, 3.05) is 26.2 Å². The smallest absolute Gasteiger partial charge is 0.257 e. The molecule has 27 heavy (non-hydrogen) atoms. The zero-order chi connectivity index (χ0) is 18.2. The number of nitrogens with zero attached hydrogens (tertiary/aromatic N) is 4. The minimum Gasteiger partial charge on any atom is -0.336 e. The first kappa shape index (κ1) is 17.0. The summed E-state index contributed by atoms with van der Waals surface area (Å²) in [6.45, 7) is 4.60. The minimum absolute atomic E-state index is 0.187. The quantitative estimate of drug-likeness (QED) is 0.822. The number of benzene rings is 1. The van der Waals surface area contributed by atoms with Gasteiger partial charge in [-0.2, -0.15) is 5.10 Å². The molecule has 0 saturated carbocycles. The van der Waals surface area contributed by atoms with Crippen LogP contribution in [0.4, 0.5) is 0 Å². The zero-order valence-electron chi connectivity index (χ0n) is 15.9. The molecule has 2 aliphatic heterocycles. The van der Waals surface area contributed by atoms with Crippen LogP contribution >= 0.6 is 0 Å². The lowest BCUT2D eigenvalue weighted by atomic mass is 9.87. The van der Waals surface area contributed by atoms with Gasteiger partial charge in [0.05, 0.1) is 17.5 Å². The average molecular weight is 364 g/mol. The summed E-state index contributed by atoms with van der Waals surface area (Å²) in [4.78, 5) is 17.7. The summed E-state index contributed by atoms with van der Waals surface area (Å²) in [5.74, 6) is 0.187. The Kier molecular flexibility index (Phi) is 4.48. The average Bonchev–Trinajstić information content (AvgIpc) is 3.17. The van der Waals surface area contributed by atoms with Crippen molar-refractivity contribution in [3.05, 3.63) is 52.8 Å². The van der Waals surface area contributed by atoms with Crippen LogP contribution in [0.3, 0.4) is 0 Å². The first-order valence-corrected chi connectivity index (χ1v) is 10.4. The van der Waals surface area contributed by atoms with E-state index in [2.05, 4.69) is 34.3 Å². The number of hydrogen-bond donors (Lipinski definition) is 0. The Morgan fingerprint density at radius 2 is 1.78 bits per heavy atom. The Balaban J connectivity index is 1.22. The number of aromatic nitrogens is 2. The highest BCUT2D eigenvalue weighted by Crippen LogP contribution is 2.26. The Bertz CT molecular complexity index is 835. The Labute approximate surface area is 161 Å². The van der Waals surface area contributed by atoms with E-state index < -0.39 is 0 Å². The van der Waals surface area contributed by atoms with Crippen LogP contribution in [0.1, 0.15) is 46.4 Å². The molecule has 0 bridgehead atoms. The maximum absolute atomic E-state index is 13.0. The van der Waals surface area contributed by atoms with Crippen LogP contribution < -0.4 is 0 Å². The van der Waals surface area contributed by atoms with Gasteiger partial charge in [0.15, 0.2) is 0 Å². The lowest BCUT2D eigenvalue weighted by Gasteiger charge is -2.41. The van der Waals surface area contributed by atoms with E-state index >= 15 is 0 Å². The van der Waals surface area contributed by atoms with Crippen molar-refractivity contribution in [3.63, 3.8) is 0 Å². The number of amides is 1. The van der Waals surface area contributed by atoms with E-state index in [9.17, 15) is 4.79 Å². The van der Waals surface area contributed by atoms with Crippen molar-refractivity contribution >= 4 is 5.91 Å². The van der Waals surface area contributed by atoms with E-state index in [4.69, 9.17) is 0 Å². The van der Waals surface area contributed by atoms with Gasteiger partial charge in [0, 0.05) is 38.8 Å². The molecular formula is C22H28N4O. The molecule has 5 heteroatoms. The molecule has 1 saturated heterocycles.